The van der Waals surface area contributed by atoms with Crippen LogP contribution in [0.1, 0.15) is 55.6 Å². The molecule has 0 spiro atoms. The van der Waals surface area contributed by atoms with Crippen LogP contribution in [0.4, 0.5) is 34.1 Å². The van der Waals surface area contributed by atoms with Crippen molar-refractivity contribution in [2.45, 2.75) is 24.7 Å². The Balaban J connectivity index is 0.920. The first kappa shape index (κ1) is 47.7. The number of rotatable bonds is 10. The van der Waals surface area contributed by atoms with E-state index in [0.717, 1.165) is 34.1 Å². The van der Waals surface area contributed by atoms with Crippen molar-refractivity contribution in [2.75, 3.05) is 9.80 Å². The summed E-state index contributed by atoms with van der Waals surface area (Å²) >= 11 is 0. The van der Waals surface area contributed by atoms with Crippen LogP contribution in [-0.2, 0) is 10.8 Å². The minimum absolute atomic E-state index is 0.544. The maximum atomic E-state index is 2.51. The molecule has 0 fully saturated rings. The van der Waals surface area contributed by atoms with E-state index in [0.29, 0.717) is 0 Å². The maximum Gasteiger partial charge on any atom is 0.0714 e. The number of hydrogen-bond donors (Lipinski definition) is 0. The number of para-hydroxylation sites is 2. The highest BCUT2D eigenvalue weighted by Crippen LogP contribution is 2.59. The number of nitrogens with zero attached hydrogens (tertiary/aromatic N) is 2. The van der Waals surface area contributed by atoms with Gasteiger partial charge in [-0.25, -0.2) is 0 Å². The third-order valence-corrected chi connectivity index (χ3v) is 18.2. The van der Waals surface area contributed by atoms with Gasteiger partial charge in [-0.2, -0.15) is 0 Å². The second-order valence-electron chi connectivity index (χ2n) is 22.4. The molecule has 2 aliphatic carbocycles. The topological polar surface area (TPSA) is 6.48 Å². The van der Waals surface area contributed by atoms with Crippen LogP contribution in [0.15, 0.2) is 303 Å². The fourth-order valence-corrected chi connectivity index (χ4v) is 14.9. The number of aryl methyl sites for hydroxylation is 2. The quantitative estimate of drug-likeness (QED) is 0.126. The number of anilines is 6. The molecule has 14 aromatic carbocycles. The molecule has 0 radical (unpaired) electrons. The number of hydrogen-bond acceptors (Lipinski definition) is 2. The zero-order valence-corrected chi connectivity index (χ0v) is 45.8. The maximum absolute atomic E-state index is 2.51. The van der Waals surface area contributed by atoms with Crippen molar-refractivity contribution in [2.24, 2.45) is 0 Å². The average Bonchev–Trinajstić information content (AvgIpc) is 2.84. The monoisotopic (exact) mass is 1040 g/mol. The zero-order chi connectivity index (χ0) is 54.5. The lowest BCUT2D eigenvalue weighted by molar-refractivity contribution is 0.768. The molecule has 0 saturated heterocycles. The Morgan fingerprint density at radius 2 is 0.512 bits per heavy atom. The molecule has 2 aliphatic rings. The Kier molecular flexibility index (Phi) is 10.9. The molecule has 14 aromatic rings. The number of benzene rings is 14. The third-order valence-electron chi connectivity index (χ3n) is 18.2. The summed E-state index contributed by atoms with van der Waals surface area (Å²) < 4.78 is 0. The fourth-order valence-electron chi connectivity index (χ4n) is 14.9. The van der Waals surface area contributed by atoms with Gasteiger partial charge in [-0.05, 0) is 174 Å². The SMILES string of the molecule is Cc1cc(N(c2ccccc2)c2cccc(C3(c4ccccc4)c4ccccc4-c4ccccc43)c2)c2ccc3c(C)cc(N(c4ccccc4)c4cccc(C5(c6ccccc6)c6ccccc6-c6ccccc65)c4)c4ccc1c2c34. The largest absolute Gasteiger partial charge is 0.310 e. The standard InChI is InChI=1S/C80H56N2/c1-53-49-75(81(59-31-11-5-12-32-59)61-35-23-29-57(51-61)79(55-25-7-3-8-26-55)71-41-19-15-37-65(71)66-38-16-20-42-72(66)79)69-48-46-64-54(2)50-76(70-47-45-63(53)77(69)78(64)70)82(60-33-13-6-14-34-60)62-36-24-30-58(52-62)80(56-27-9-4-10-28-56)73-43-21-17-39-67(73)68-40-18-22-44-74(68)80/h3-52H,1-2H3. The van der Waals surface area contributed by atoms with Gasteiger partial charge in [0.25, 0.3) is 0 Å². The molecule has 0 aliphatic heterocycles. The van der Waals surface area contributed by atoms with Gasteiger partial charge in [-0.1, -0.05) is 243 Å². The molecular weight excluding hydrogens is 989 g/mol. The minimum Gasteiger partial charge on any atom is -0.310 e. The van der Waals surface area contributed by atoms with E-state index in [1.54, 1.807) is 0 Å². The van der Waals surface area contributed by atoms with Gasteiger partial charge in [-0.15, -0.1) is 0 Å². The first-order valence-corrected chi connectivity index (χ1v) is 28.7. The predicted octanol–water partition coefficient (Wildman–Crippen LogP) is 20.9. The van der Waals surface area contributed by atoms with Crippen molar-refractivity contribution in [3.8, 4) is 22.3 Å². The molecule has 82 heavy (non-hydrogen) atoms. The lowest BCUT2D eigenvalue weighted by Gasteiger charge is -2.35. The Morgan fingerprint density at radius 3 is 0.866 bits per heavy atom. The van der Waals surface area contributed by atoms with Crippen molar-refractivity contribution in [3.63, 3.8) is 0 Å². The van der Waals surface area contributed by atoms with Crippen LogP contribution < -0.4 is 9.80 Å². The van der Waals surface area contributed by atoms with E-state index in [1.807, 2.05) is 0 Å². The highest BCUT2D eigenvalue weighted by Gasteiger charge is 2.47. The molecule has 0 aromatic heterocycles. The van der Waals surface area contributed by atoms with Crippen molar-refractivity contribution in [3.05, 3.63) is 359 Å². The lowest BCUT2D eigenvalue weighted by Crippen LogP contribution is -2.28. The molecule has 0 amide bonds. The molecule has 2 nitrogen and oxygen atoms in total. The highest BCUT2D eigenvalue weighted by molar-refractivity contribution is 6.29. The van der Waals surface area contributed by atoms with Gasteiger partial charge in [0.05, 0.1) is 22.2 Å². The van der Waals surface area contributed by atoms with Crippen LogP contribution >= 0.6 is 0 Å². The Morgan fingerprint density at radius 1 is 0.232 bits per heavy atom. The summed E-state index contributed by atoms with van der Waals surface area (Å²) in [6.45, 7) is 4.59. The van der Waals surface area contributed by atoms with E-state index in [-0.39, 0.29) is 0 Å². The lowest BCUT2D eigenvalue weighted by atomic mass is 9.67. The van der Waals surface area contributed by atoms with E-state index in [9.17, 15) is 0 Å². The summed E-state index contributed by atoms with van der Waals surface area (Å²) in [5.41, 5.74) is 23.3. The van der Waals surface area contributed by atoms with Gasteiger partial charge in [0, 0.05) is 33.5 Å². The predicted molar refractivity (Wildman–Crippen MR) is 344 cm³/mol. The first-order valence-electron chi connectivity index (χ1n) is 28.7. The summed E-state index contributed by atoms with van der Waals surface area (Å²) in [5.74, 6) is 0. The van der Waals surface area contributed by atoms with Crippen molar-refractivity contribution in [1.29, 1.82) is 0 Å². The molecule has 0 atom stereocenters. The Labute approximate surface area is 479 Å². The molecule has 16 rings (SSSR count). The average molecular weight is 1050 g/mol. The van der Waals surface area contributed by atoms with Gasteiger partial charge >= 0.3 is 0 Å². The van der Waals surface area contributed by atoms with Gasteiger partial charge in [0.2, 0.25) is 0 Å². The van der Waals surface area contributed by atoms with Crippen LogP contribution in [0.2, 0.25) is 0 Å². The van der Waals surface area contributed by atoms with Crippen molar-refractivity contribution in [1.82, 2.24) is 0 Å². The molecule has 386 valence electrons. The summed E-state index contributed by atoms with van der Waals surface area (Å²) in [7, 11) is 0. The van der Waals surface area contributed by atoms with E-state index >= 15 is 0 Å². The van der Waals surface area contributed by atoms with Crippen molar-refractivity contribution >= 4 is 66.4 Å². The summed E-state index contributed by atoms with van der Waals surface area (Å²) in [5, 5.41) is 7.47. The van der Waals surface area contributed by atoms with Gasteiger partial charge in [0.1, 0.15) is 0 Å². The third kappa shape index (κ3) is 6.82. The van der Waals surface area contributed by atoms with Crippen LogP contribution in [0, 0.1) is 13.8 Å². The van der Waals surface area contributed by atoms with Crippen LogP contribution in [0.3, 0.4) is 0 Å². The molecule has 0 N–H and O–H groups in total. The normalized spacial score (nSPS) is 13.4. The molecule has 0 saturated carbocycles. The molecule has 0 heterocycles. The smallest absolute Gasteiger partial charge is 0.0714 e. The van der Waals surface area contributed by atoms with Gasteiger partial charge in [0.15, 0.2) is 0 Å². The first-order chi connectivity index (χ1) is 40.5. The molecule has 2 heteroatoms. The number of fused-ring (bicyclic) bond motifs is 6. The van der Waals surface area contributed by atoms with Gasteiger partial charge in [-0.3, -0.25) is 0 Å². The molecule has 0 bridgehead atoms. The minimum atomic E-state index is -0.544. The summed E-state index contributed by atoms with van der Waals surface area (Å²) in [6.07, 6.45) is 0. The molecular formula is C80H56N2. The van der Waals surface area contributed by atoms with Crippen LogP contribution in [0.5, 0.6) is 0 Å². The molecule has 0 unspecified atom stereocenters. The Bertz CT molecular complexity index is 4380. The van der Waals surface area contributed by atoms with Crippen molar-refractivity contribution < 1.29 is 0 Å². The highest BCUT2D eigenvalue weighted by atomic mass is 15.2. The van der Waals surface area contributed by atoms with Crippen LogP contribution in [-0.4, -0.2) is 0 Å². The second-order valence-corrected chi connectivity index (χ2v) is 22.4. The van der Waals surface area contributed by atoms with E-state index in [4.69, 9.17) is 0 Å². The zero-order valence-electron chi connectivity index (χ0n) is 45.8. The van der Waals surface area contributed by atoms with Gasteiger partial charge < -0.3 is 9.80 Å². The summed E-state index contributed by atoms with van der Waals surface area (Å²) in [6, 6.07) is 113. The van der Waals surface area contributed by atoms with E-state index in [2.05, 4.69) is 327 Å². The summed E-state index contributed by atoms with van der Waals surface area (Å²) in [4.78, 5) is 5.01. The Hall–Kier alpha value is -10.3. The fraction of sp³-hybridized carbons (Fsp3) is 0.0500. The second kappa shape index (κ2) is 18.7. The van der Waals surface area contributed by atoms with E-state index in [1.165, 1.54) is 110 Å². The van der Waals surface area contributed by atoms with E-state index < -0.39 is 10.8 Å². The van der Waals surface area contributed by atoms with Crippen LogP contribution in [0.25, 0.3) is 54.6 Å².